The van der Waals surface area contributed by atoms with Crippen molar-refractivity contribution in [2.75, 3.05) is 7.05 Å². The van der Waals surface area contributed by atoms with Crippen LogP contribution in [0.3, 0.4) is 0 Å². The SMILES string of the molecule is CN1C(=O)/C(=C/c2ccccc2F)SC1=Nc1cccnc1. The number of benzene rings is 1. The molecule has 1 saturated heterocycles. The van der Waals surface area contributed by atoms with Crippen molar-refractivity contribution in [1.82, 2.24) is 9.88 Å². The Labute approximate surface area is 131 Å². The normalized spacial score (nSPS) is 18.5. The van der Waals surface area contributed by atoms with E-state index in [1.807, 2.05) is 0 Å². The first-order valence-corrected chi connectivity index (χ1v) is 7.37. The van der Waals surface area contributed by atoms with Crippen LogP contribution in [0.15, 0.2) is 58.7 Å². The van der Waals surface area contributed by atoms with Crippen LogP contribution >= 0.6 is 11.8 Å². The summed E-state index contributed by atoms with van der Waals surface area (Å²) < 4.78 is 13.7. The van der Waals surface area contributed by atoms with Crippen LogP contribution < -0.4 is 0 Å². The van der Waals surface area contributed by atoms with Gasteiger partial charge in [0.2, 0.25) is 0 Å². The molecule has 2 aromatic rings. The monoisotopic (exact) mass is 313 g/mol. The summed E-state index contributed by atoms with van der Waals surface area (Å²) in [6.45, 7) is 0. The molecule has 1 aromatic carbocycles. The van der Waals surface area contributed by atoms with Gasteiger partial charge in [-0.15, -0.1) is 0 Å². The fraction of sp³-hybridized carbons (Fsp3) is 0.0625. The zero-order valence-electron chi connectivity index (χ0n) is 11.7. The largest absolute Gasteiger partial charge is 0.290 e. The lowest BCUT2D eigenvalue weighted by Crippen LogP contribution is -2.23. The second kappa shape index (κ2) is 6.11. The second-order valence-electron chi connectivity index (χ2n) is 4.60. The number of aromatic nitrogens is 1. The highest BCUT2D eigenvalue weighted by Gasteiger charge is 2.30. The number of nitrogens with zero attached hydrogens (tertiary/aromatic N) is 3. The van der Waals surface area contributed by atoms with Crippen molar-refractivity contribution in [2.24, 2.45) is 4.99 Å². The zero-order chi connectivity index (χ0) is 15.5. The van der Waals surface area contributed by atoms with Crippen LogP contribution in [0.1, 0.15) is 5.56 Å². The Bertz CT molecular complexity index is 774. The van der Waals surface area contributed by atoms with E-state index in [2.05, 4.69) is 9.98 Å². The number of aliphatic imine (C=N–C) groups is 1. The minimum Gasteiger partial charge on any atom is -0.290 e. The number of carbonyl (C=O) groups excluding carboxylic acids is 1. The van der Waals surface area contributed by atoms with Gasteiger partial charge < -0.3 is 0 Å². The number of carbonyl (C=O) groups is 1. The Balaban J connectivity index is 1.92. The third-order valence-electron chi connectivity index (χ3n) is 3.07. The van der Waals surface area contributed by atoms with Crippen molar-refractivity contribution in [3.8, 4) is 0 Å². The zero-order valence-corrected chi connectivity index (χ0v) is 12.5. The second-order valence-corrected chi connectivity index (χ2v) is 5.61. The first kappa shape index (κ1) is 14.5. The van der Waals surface area contributed by atoms with Gasteiger partial charge in [0.25, 0.3) is 5.91 Å². The molecule has 0 N–H and O–H groups in total. The molecule has 3 rings (SSSR count). The molecule has 0 radical (unpaired) electrons. The first-order valence-electron chi connectivity index (χ1n) is 6.56. The van der Waals surface area contributed by atoms with Crippen molar-refractivity contribution in [3.05, 3.63) is 65.1 Å². The standard InChI is InChI=1S/C16H12FN3OS/c1-20-15(21)14(9-11-5-2-3-7-13(11)17)22-16(20)19-12-6-4-8-18-10-12/h2-10H,1H3/b14-9-,19-16?. The number of pyridine rings is 1. The molecular formula is C16H12FN3OS. The van der Waals surface area contributed by atoms with E-state index in [1.54, 1.807) is 55.8 Å². The molecule has 110 valence electrons. The molecule has 6 heteroatoms. The smallest absolute Gasteiger partial charge is 0.266 e. The Kier molecular flexibility index (Phi) is 4.02. The van der Waals surface area contributed by atoms with Crippen LogP contribution in [0.4, 0.5) is 10.1 Å². The summed E-state index contributed by atoms with van der Waals surface area (Å²) in [7, 11) is 1.65. The van der Waals surface area contributed by atoms with E-state index in [1.165, 1.54) is 22.7 Å². The minimum atomic E-state index is -0.358. The predicted octanol–water partition coefficient (Wildman–Crippen LogP) is 3.45. The third kappa shape index (κ3) is 2.92. The summed E-state index contributed by atoms with van der Waals surface area (Å²) >= 11 is 1.22. The maximum atomic E-state index is 13.7. The van der Waals surface area contributed by atoms with Gasteiger partial charge in [0, 0.05) is 18.8 Å². The van der Waals surface area contributed by atoms with Gasteiger partial charge in [0.15, 0.2) is 5.17 Å². The summed E-state index contributed by atoms with van der Waals surface area (Å²) in [4.78, 5) is 22.5. The maximum absolute atomic E-state index is 13.7. The summed E-state index contributed by atoms with van der Waals surface area (Å²) in [6, 6.07) is 9.92. The van der Waals surface area contributed by atoms with E-state index in [-0.39, 0.29) is 11.7 Å². The topological polar surface area (TPSA) is 45.6 Å². The quantitative estimate of drug-likeness (QED) is 0.798. The first-order chi connectivity index (χ1) is 10.6. The van der Waals surface area contributed by atoms with Crippen LogP contribution in [0.5, 0.6) is 0 Å². The molecule has 0 atom stereocenters. The van der Waals surface area contributed by atoms with Gasteiger partial charge in [-0.3, -0.25) is 14.7 Å². The van der Waals surface area contributed by atoms with Crippen LogP contribution in [-0.4, -0.2) is 28.0 Å². The highest BCUT2D eigenvalue weighted by molar-refractivity contribution is 8.18. The van der Waals surface area contributed by atoms with E-state index < -0.39 is 0 Å². The summed E-state index contributed by atoms with van der Waals surface area (Å²) in [5, 5.41) is 0.542. The summed E-state index contributed by atoms with van der Waals surface area (Å²) in [5.74, 6) is -0.556. The summed E-state index contributed by atoms with van der Waals surface area (Å²) in [5.41, 5.74) is 1.05. The Morgan fingerprint density at radius 1 is 1.27 bits per heavy atom. The fourth-order valence-corrected chi connectivity index (χ4v) is 2.89. The van der Waals surface area contributed by atoms with Crippen LogP contribution in [0, 0.1) is 5.82 Å². The van der Waals surface area contributed by atoms with E-state index in [0.29, 0.717) is 21.3 Å². The van der Waals surface area contributed by atoms with Gasteiger partial charge in [0.05, 0.1) is 16.8 Å². The lowest BCUT2D eigenvalue weighted by Gasteiger charge is -2.06. The number of hydrogen-bond acceptors (Lipinski definition) is 4. The molecule has 2 heterocycles. The van der Waals surface area contributed by atoms with Gasteiger partial charge >= 0.3 is 0 Å². The fourth-order valence-electron chi connectivity index (χ4n) is 1.92. The van der Waals surface area contributed by atoms with Crippen LogP contribution in [-0.2, 0) is 4.79 Å². The number of likely N-dealkylation sites (N-methyl/N-ethyl adjacent to an activating group) is 1. The number of halogens is 1. The van der Waals surface area contributed by atoms with Gasteiger partial charge in [0.1, 0.15) is 5.82 Å². The molecule has 0 aliphatic carbocycles. The summed E-state index contributed by atoms with van der Waals surface area (Å²) in [6.07, 6.45) is 4.82. The molecule has 0 saturated carbocycles. The van der Waals surface area contributed by atoms with Gasteiger partial charge in [-0.05, 0) is 36.0 Å². The molecule has 0 unspecified atom stereocenters. The lowest BCUT2D eigenvalue weighted by molar-refractivity contribution is -0.121. The molecule has 1 fully saturated rings. The number of amides is 1. The van der Waals surface area contributed by atoms with Crippen LogP contribution in [0.2, 0.25) is 0 Å². The van der Waals surface area contributed by atoms with Gasteiger partial charge in [-0.1, -0.05) is 18.2 Å². The van der Waals surface area contributed by atoms with Crippen molar-refractivity contribution >= 4 is 34.6 Å². The molecule has 1 aliphatic rings. The van der Waals surface area contributed by atoms with Crippen molar-refractivity contribution in [3.63, 3.8) is 0 Å². The molecule has 22 heavy (non-hydrogen) atoms. The molecule has 0 bridgehead atoms. The predicted molar refractivity (Wildman–Crippen MR) is 86.1 cm³/mol. The number of thioether (sulfide) groups is 1. The average molecular weight is 313 g/mol. The Morgan fingerprint density at radius 2 is 2.09 bits per heavy atom. The molecule has 0 spiro atoms. The van der Waals surface area contributed by atoms with Crippen molar-refractivity contribution in [1.29, 1.82) is 0 Å². The average Bonchev–Trinajstić information content (AvgIpc) is 2.79. The Morgan fingerprint density at radius 3 is 2.82 bits per heavy atom. The molecule has 1 aliphatic heterocycles. The van der Waals surface area contributed by atoms with Gasteiger partial charge in [-0.25, -0.2) is 9.38 Å². The maximum Gasteiger partial charge on any atom is 0.266 e. The highest BCUT2D eigenvalue weighted by Crippen LogP contribution is 2.33. The highest BCUT2D eigenvalue weighted by atomic mass is 32.2. The molecule has 1 aromatic heterocycles. The molecule has 4 nitrogen and oxygen atoms in total. The van der Waals surface area contributed by atoms with Crippen molar-refractivity contribution in [2.45, 2.75) is 0 Å². The number of rotatable bonds is 2. The van der Waals surface area contributed by atoms with Crippen LogP contribution in [0.25, 0.3) is 6.08 Å². The molecular weight excluding hydrogens is 301 g/mol. The number of amidine groups is 1. The van der Waals surface area contributed by atoms with Crippen molar-refractivity contribution < 1.29 is 9.18 Å². The van der Waals surface area contributed by atoms with Gasteiger partial charge in [-0.2, -0.15) is 0 Å². The van der Waals surface area contributed by atoms with E-state index in [4.69, 9.17) is 0 Å². The van der Waals surface area contributed by atoms with E-state index in [0.717, 1.165) is 0 Å². The lowest BCUT2D eigenvalue weighted by atomic mass is 10.2. The Hall–Kier alpha value is -2.47. The van der Waals surface area contributed by atoms with E-state index >= 15 is 0 Å². The van der Waals surface area contributed by atoms with E-state index in [9.17, 15) is 9.18 Å². The number of hydrogen-bond donors (Lipinski definition) is 0. The third-order valence-corrected chi connectivity index (χ3v) is 4.13. The molecule has 1 amide bonds. The minimum absolute atomic E-state index is 0.198.